The van der Waals surface area contributed by atoms with Crippen LogP contribution < -0.4 is 5.11 Å². The quantitative estimate of drug-likeness (QED) is 0.0203. The molecule has 0 aliphatic rings. The van der Waals surface area contributed by atoms with Crippen LogP contribution in [0.5, 0.6) is 0 Å². The lowest BCUT2D eigenvalue weighted by Gasteiger charge is -2.26. The number of esters is 2. The van der Waals surface area contributed by atoms with E-state index < -0.39 is 30.3 Å². The summed E-state index contributed by atoms with van der Waals surface area (Å²) in [5.74, 6) is -2.51. The summed E-state index contributed by atoms with van der Waals surface area (Å²) in [7, 11) is 5.85. The zero-order chi connectivity index (χ0) is 42.1. The zero-order valence-corrected chi connectivity index (χ0v) is 35.9. The number of hydrogen-bond acceptors (Lipinski definition) is 8. The van der Waals surface area contributed by atoms with E-state index in [1.807, 2.05) is 33.3 Å². The Bertz CT molecular complexity index is 1300. The molecule has 0 saturated carbocycles. The van der Waals surface area contributed by atoms with Crippen molar-refractivity contribution in [3.05, 3.63) is 109 Å². The van der Waals surface area contributed by atoms with Crippen LogP contribution in [-0.4, -0.2) is 82.3 Å². The molecule has 0 aromatic carbocycles. The molecule has 9 nitrogen and oxygen atoms in total. The summed E-state index contributed by atoms with van der Waals surface area (Å²) >= 11 is 0. The molecule has 320 valence electrons. The van der Waals surface area contributed by atoms with Crippen LogP contribution in [-0.2, 0) is 33.3 Å². The molecule has 0 spiro atoms. The van der Waals surface area contributed by atoms with Gasteiger partial charge in [-0.1, -0.05) is 136 Å². The third-order valence-corrected chi connectivity index (χ3v) is 8.05. The van der Waals surface area contributed by atoms with Crippen LogP contribution >= 0.6 is 0 Å². The molecule has 0 aromatic heterocycles. The van der Waals surface area contributed by atoms with Crippen LogP contribution in [0.15, 0.2) is 109 Å². The van der Waals surface area contributed by atoms with Crippen molar-refractivity contribution in [3.8, 4) is 0 Å². The first-order chi connectivity index (χ1) is 27.6. The number of ether oxygens (including phenoxy) is 4. The van der Waals surface area contributed by atoms with Gasteiger partial charge in [0, 0.05) is 6.42 Å². The number of likely N-dealkylation sites (N-methyl/N-ethyl adjacent to an activating group) is 1. The average Bonchev–Trinajstić information content (AvgIpc) is 3.17. The summed E-state index contributed by atoms with van der Waals surface area (Å²) in [6.45, 7) is 4.32. The first-order valence-electron chi connectivity index (χ1n) is 21.0. The van der Waals surface area contributed by atoms with E-state index in [0.717, 1.165) is 77.0 Å². The molecular formula is C48H75NO8. The minimum absolute atomic E-state index is 0.00277. The van der Waals surface area contributed by atoms with Crippen LogP contribution in [0.3, 0.4) is 0 Å². The lowest BCUT2D eigenvalue weighted by atomic mass is 10.1. The lowest BCUT2D eigenvalue weighted by Crippen LogP contribution is -2.44. The highest BCUT2D eigenvalue weighted by molar-refractivity contribution is 5.71. The van der Waals surface area contributed by atoms with Crippen molar-refractivity contribution < 1.29 is 42.9 Å². The number of carboxylic acids is 1. The Morgan fingerprint density at radius 2 is 1.00 bits per heavy atom. The Balaban J connectivity index is 4.68. The van der Waals surface area contributed by atoms with E-state index in [1.54, 1.807) is 6.08 Å². The highest BCUT2D eigenvalue weighted by Crippen LogP contribution is 2.09. The minimum Gasteiger partial charge on any atom is -0.545 e. The molecule has 0 aliphatic carbocycles. The topological polar surface area (TPSA) is 111 Å². The zero-order valence-electron chi connectivity index (χ0n) is 35.9. The molecule has 0 radical (unpaired) electrons. The van der Waals surface area contributed by atoms with Gasteiger partial charge in [-0.3, -0.25) is 9.59 Å². The van der Waals surface area contributed by atoms with E-state index in [0.29, 0.717) is 23.9 Å². The molecule has 0 N–H and O–H groups in total. The molecule has 0 heterocycles. The van der Waals surface area contributed by atoms with Crippen LogP contribution in [0.25, 0.3) is 0 Å². The lowest BCUT2D eigenvalue weighted by molar-refractivity contribution is -0.870. The molecule has 57 heavy (non-hydrogen) atoms. The molecule has 2 unspecified atom stereocenters. The largest absolute Gasteiger partial charge is 0.545 e. The normalized spacial score (nSPS) is 14.1. The van der Waals surface area contributed by atoms with Gasteiger partial charge in [0.25, 0.3) is 0 Å². The Morgan fingerprint density at radius 3 is 1.47 bits per heavy atom. The van der Waals surface area contributed by atoms with Gasteiger partial charge in [-0.25, -0.2) is 0 Å². The second-order valence-electron chi connectivity index (χ2n) is 14.5. The van der Waals surface area contributed by atoms with Gasteiger partial charge in [-0.15, -0.1) is 0 Å². The van der Waals surface area contributed by atoms with Gasteiger partial charge >= 0.3 is 11.9 Å². The summed E-state index contributed by atoms with van der Waals surface area (Å²) in [5, 5.41) is 11.7. The molecule has 0 aliphatic heterocycles. The number of hydrogen-bond donors (Lipinski definition) is 0. The maximum Gasteiger partial charge on any atom is 0.310 e. The van der Waals surface area contributed by atoms with Gasteiger partial charge in [0.1, 0.15) is 13.2 Å². The first kappa shape index (κ1) is 53.0. The van der Waals surface area contributed by atoms with Crippen LogP contribution in [0.1, 0.15) is 117 Å². The number of carboxylic acid groups (broad SMARTS) is 1. The molecule has 0 saturated heterocycles. The van der Waals surface area contributed by atoms with Crippen molar-refractivity contribution in [1.29, 1.82) is 0 Å². The maximum absolute atomic E-state index is 12.7. The van der Waals surface area contributed by atoms with Crippen LogP contribution in [0, 0.1) is 0 Å². The second kappa shape index (κ2) is 38.8. The van der Waals surface area contributed by atoms with E-state index in [4.69, 9.17) is 18.9 Å². The van der Waals surface area contributed by atoms with Crippen molar-refractivity contribution in [1.82, 2.24) is 0 Å². The monoisotopic (exact) mass is 794 g/mol. The molecule has 0 amide bonds. The van der Waals surface area contributed by atoms with Crippen molar-refractivity contribution >= 4 is 17.9 Å². The Morgan fingerprint density at radius 1 is 0.544 bits per heavy atom. The van der Waals surface area contributed by atoms with E-state index >= 15 is 0 Å². The third kappa shape index (κ3) is 40.0. The maximum atomic E-state index is 12.7. The Kier molecular flexibility index (Phi) is 36.0. The van der Waals surface area contributed by atoms with Gasteiger partial charge in [0.2, 0.25) is 0 Å². The first-order valence-corrected chi connectivity index (χ1v) is 21.0. The fraction of sp³-hybridized carbons (Fsp3) is 0.562. The fourth-order valence-electron chi connectivity index (χ4n) is 4.83. The SMILES string of the molecule is CC/C=C\C/C=C\C/C=C\C/C=C\C/C=C\CC(=O)OC(COC(=O)CCCCCC/C=C\C/C=C\C/C=C\C/C=C\CC)COC(OCC[N+](C)(C)C)C(=O)[O-]. The molecule has 0 fully saturated rings. The van der Waals surface area contributed by atoms with Gasteiger partial charge in [0.05, 0.1) is 46.7 Å². The van der Waals surface area contributed by atoms with Crippen molar-refractivity contribution in [2.45, 2.75) is 129 Å². The predicted molar refractivity (Wildman–Crippen MR) is 232 cm³/mol. The number of nitrogens with zero attached hydrogens (tertiary/aromatic N) is 1. The van der Waals surface area contributed by atoms with Crippen molar-refractivity contribution in [2.75, 3.05) is 47.5 Å². The van der Waals surface area contributed by atoms with E-state index in [9.17, 15) is 19.5 Å². The van der Waals surface area contributed by atoms with Crippen LogP contribution in [0.2, 0.25) is 0 Å². The van der Waals surface area contributed by atoms with Crippen LogP contribution in [0.4, 0.5) is 0 Å². The van der Waals surface area contributed by atoms with Gasteiger partial charge < -0.3 is 33.3 Å². The minimum atomic E-state index is -1.66. The summed E-state index contributed by atoms with van der Waals surface area (Å²) in [6, 6.07) is 0. The Hall–Kier alpha value is -4.05. The molecular weight excluding hydrogens is 719 g/mol. The number of allylic oxidation sites excluding steroid dienone is 17. The van der Waals surface area contributed by atoms with E-state index in [-0.39, 0.29) is 32.7 Å². The summed E-state index contributed by atoms with van der Waals surface area (Å²) in [6.07, 6.45) is 48.7. The molecule has 0 aromatic rings. The number of aliphatic carboxylic acids is 1. The summed E-state index contributed by atoms with van der Waals surface area (Å²) in [4.78, 5) is 36.8. The van der Waals surface area contributed by atoms with Gasteiger partial charge in [-0.05, 0) is 77.0 Å². The fourth-order valence-corrected chi connectivity index (χ4v) is 4.83. The smallest absolute Gasteiger partial charge is 0.310 e. The highest BCUT2D eigenvalue weighted by atomic mass is 16.7. The third-order valence-electron chi connectivity index (χ3n) is 8.05. The van der Waals surface area contributed by atoms with E-state index in [1.165, 1.54) is 0 Å². The molecule has 0 bridgehead atoms. The molecule has 9 heteroatoms. The standard InChI is InChI=1S/C48H75NO8/c1-6-8-10-12-14-16-18-20-22-23-25-26-28-30-32-34-36-38-45(50)55-42-44(43-56-48(47(52)53)54-41-40-49(3,4)5)57-46(51)39-37-35-33-31-29-27-24-21-19-17-15-13-11-9-7-2/h8-11,14-17,20-22,24-26,29,31,35,37,44,48H,6-7,12-13,18-19,23,27-28,30,32-34,36,38-43H2,1-5H3/b10-8-,11-9-,16-14-,17-15-,22-20-,24-21-,26-25-,31-29-,37-35-. The Labute approximate surface area is 345 Å². The van der Waals surface area contributed by atoms with Crippen molar-refractivity contribution in [2.24, 2.45) is 0 Å². The number of rotatable bonds is 36. The number of quaternary nitrogens is 1. The predicted octanol–water partition coefficient (Wildman–Crippen LogP) is 9.54. The molecule has 2 atom stereocenters. The highest BCUT2D eigenvalue weighted by Gasteiger charge is 2.21. The van der Waals surface area contributed by atoms with Gasteiger partial charge in [-0.2, -0.15) is 0 Å². The summed E-state index contributed by atoms with van der Waals surface area (Å²) in [5.41, 5.74) is 0. The second-order valence-corrected chi connectivity index (χ2v) is 14.5. The van der Waals surface area contributed by atoms with Crippen molar-refractivity contribution in [3.63, 3.8) is 0 Å². The van der Waals surface area contributed by atoms with Gasteiger partial charge in [0.15, 0.2) is 12.4 Å². The number of unbranched alkanes of at least 4 members (excludes halogenated alkanes) is 4. The summed E-state index contributed by atoms with van der Waals surface area (Å²) < 4.78 is 22.3. The molecule has 0 rings (SSSR count). The van der Waals surface area contributed by atoms with E-state index in [2.05, 4.69) is 105 Å². The average molecular weight is 794 g/mol. The number of carbonyl (C=O) groups is 3. The number of carbonyl (C=O) groups excluding carboxylic acids is 3.